The van der Waals surface area contributed by atoms with Gasteiger partial charge in [-0.15, -0.1) is 0 Å². The van der Waals surface area contributed by atoms with Crippen molar-refractivity contribution in [3.8, 4) is 34.0 Å². The molecule has 0 unspecified atom stereocenters. The number of urea groups is 1. The summed E-state index contributed by atoms with van der Waals surface area (Å²) >= 11 is 12.2. The largest absolute Gasteiger partial charge is 0.424 e. The van der Waals surface area contributed by atoms with Gasteiger partial charge in [0, 0.05) is 40.3 Å². The van der Waals surface area contributed by atoms with E-state index >= 15 is 0 Å². The number of ether oxygens (including phenoxy) is 1. The number of nitrogen functional groups attached to an aromatic ring is 1. The molecule has 0 saturated heterocycles. The van der Waals surface area contributed by atoms with Gasteiger partial charge >= 0.3 is 12.0 Å². The van der Waals surface area contributed by atoms with Crippen LogP contribution in [0.15, 0.2) is 91.6 Å². The predicted octanol–water partition coefficient (Wildman–Crippen LogP) is 6.93. The number of hydrogen-bond acceptors (Lipinski definition) is 7. The van der Waals surface area contributed by atoms with E-state index in [0.717, 1.165) is 22.3 Å². The van der Waals surface area contributed by atoms with Gasteiger partial charge in [0.2, 0.25) is 0 Å². The number of anilines is 3. The Balaban J connectivity index is 1.23. The number of nitrogens with zero attached hydrogens (tertiary/aromatic N) is 4. The summed E-state index contributed by atoms with van der Waals surface area (Å²) in [4.78, 5) is 29.2. The van der Waals surface area contributed by atoms with Gasteiger partial charge in [0.15, 0.2) is 0 Å². The third kappa shape index (κ3) is 5.97. The second-order valence-electron chi connectivity index (χ2n) is 7.98. The van der Waals surface area contributed by atoms with Gasteiger partial charge in [-0.3, -0.25) is 4.98 Å². The van der Waals surface area contributed by atoms with Crippen LogP contribution in [0.25, 0.3) is 22.3 Å². The highest BCUT2D eigenvalue weighted by molar-refractivity contribution is 6.31. The summed E-state index contributed by atoms with van der Waals surface area (Å²) in [6.45, 7) is 0. The first-order valence-electron chi connectivity index (χ1n) is 11.2. The molecule has 38 heavy (non-hydrogen) atoms. The highest BCUT2D eigenvalue weighted by atomic mass is 35.5. The van der Waals surface area contributed by atoms with Crippen molar-refractivity contribution in [2.45, 2.75) is 0 Å². The van der Waals surface area contributed by atoms with Crippen LogP contribution < -0.4 is 21.1 Å². The van der Waals surface area contributed by atoms with Gasteiger partial charge < -0.3 is 21.1 Å². The van der Waals surface area contributed by atoms with Crippen LogP contribution in [0.1, 0.15) is 0 Å². The van der Waals surface area contributed by atoms with Crippen LogP contribution in [-0.4, -0.2) is 26.0 Å². The number of nitrogens with one attached hydrogen (secondary N) is 2. The monoisotopic (exact) mass is 543 g/mol. The molecule has 5 aromatic rings. The first-order valence-corrected chi connectivity index (χ1v) is 12.0. The Morgan fingerprint density at radius 3 is 2.32 bits per heavy atom. The van der Waals surface area contributed by atoms with Gasteiger partial charge in [-0.2, -0.15) is 0 Å². The first-order chi connectivity index (χ1) is 18.4. The molecule has 2 aromatic carbocycles. The Labute approximate surface area is 227 Å². The molecule has 3 aromatic heterocycles. The molecule has 0 radical (unpaired) electrons. The van der Waals surface area contributed by atoms with Crippen LogP contribution in [0, 0.1) is 0 Å². The minimum atomic E-state index is -0.486. The molecule has 4 N–H and O–H groups in total. The van der Waals surface area contributed by atoms with E-state index in [9.17, 15) is 4.79 Å². The molecular weight excluding hydrogens is 525 g/mol. The predicted molar refractivity (Wildman–Crippen MR) is 149 cm³/mol. The number of aromatic nitrogens is 4. The molecule has 2 amide bonds. The van der Waals surface area contributed by atoms with Crippen molar-refractivity contribution < 1.29 is 9.53 Å². The third-order valence-corrected chi connectivity index (χ3v) is 5.79. The molecule has 3 heterocycles. The lowest BCUT2D eigenvalue weighted by atomic mass is 10.1. The molecular formula is C27H19Cl2N7O2. The van der Waals surface area contributed by atoms with Crippen LogP contribution in [0.5, 0.6) is 11.8 Å². The molecule has 0 aliphatic heterocycles. The Bertz CT molecular complexity index is 1580. The zero-order valence-corrected chi connectivity index (χ0v) is 21.1. The van der Waals surface area contributed by atoms with Crippen molar-refractivity contribution in [3.63, 3.8) is 0 Å². The van der Waals surface area contributed by atoms with Crippen LogP contribution in [0.2, 0.25) is 10.0 Å². The summed E-state index contributed by atoms with van der Waals surface area (Å²) in [5.74, 6) is 0.895. The molecule has 0 atom stereocenters. The van der Waals surface area contributed by atoms with Crippen molar-refractivity contribution in [2.75, 3.05) is 16.4 Å². The summed E-state index contributed by atoms with van der Waals surface area (Å²) in [6.07, 6.45) is 7.75. The molecule has 0 aliphatic carbocycles. The number of carbonyl (C=O) groups excluding carboxylic acids is 1. The standard InChI is InChI=1S/C27H19Cl2N7O2/c28-18-5-8-22(17-2-1-9-31-12-17)24(11-18)36-26(37)35-20-14-33-27(34-15-20)38-21-6-3-16(4-7-21)23-10-19(29)13-32-25(23)30/h1-15H,(H2,30,32)(H2,35,36,37). The SMILES string of the molecule is Nc1ncc(Cl)cc1-c1ccc(Oc2ncc(NC(=O)Nc3cc(Cl)ccc3-c3cccnc3)cn2)cc1. The Kier molecular flexibility index (Phi) is 7.30. The Hall–Kier alpha value is -4.73. The van der Waals surface area contributed by atoms with Crippen LogP contribution in [0.4, 0.5) is 22.0 Å². The van der Waals surface area contributed by atoms with Crippen LogP contribution in [-0.2, 0) is 0 Å². The molecule has 188 valence electrons. The summed E-state index contributed by atoms with van der Waals surface area (Å²) in [6, 6.07) is 17.5. The van der Waals surface area contributed by atoms with E-state index < -0.39 is 6.03 Å². The highest BCUT2D eigenvalue weighted by Gasteiger charge is 2.11. The number of pyridine rings is 2. The highest BCUT2D eigenvalue weighted by Crippen LogP contribution is 2.31. The van der Waals surface area contributed by atoms with Gasteiger partial charge in [-0.1, -0.05) is 47.5 Å². The fraction of sp³-hybridized carbons (Fsp3) is 0. The van der Waals surface area contributed by atoms with E-state index in [1.54, 1.807) is 42.7 Å². The minimum absolute atomic E-state index is 0.112. The van der Waals surface area contributed by atoms with Gasteiger partial charge in [-0.25, -0.2) is 19.7 Å². The number of nitrogens with two attached hydrogens (primary N) is 1. The van der Waals surface area contributed by atoms with Crippen LogP contribution in [0.3, 0.4) is 0 Å². The van der Waals surface area contributed by atoms with E-state index in [1.165, 1.54) is 18.6 Å². The van der Waals surface area contributed by atoms with Crippen molar-refractivity contribution in [3.05, 3.63) is 102 Å². The normalized spacial score (nSPS) is 10.6. The maximum absolute atomic E-state index is 12.7. The molecule has 0 aliphatic rings. The summed E-state index contributed by atoms with van der Waals surface area (Å²) in [5.41, 5.74) is 10.0. The van der Waals surface area contributed by atoms with Gasteiger partial charge in [-0.05, 0) is 42.0 Å². The number of carbonyl (C=O) groups is 1. The lowest BCUT2D eigenvalue weighted by molar-refractivity contribution is 0.262. The average molecular weight is 544 g/mol. The maximum atomic E-state index is 12.7. The van der Waals surface area contributed by atoms with E-state index in [2.05, 4.69) is 30.6 Å². The van der Waals surface area contributed by atoms with Crippen molar-refractivity contribution >= 4 is 46.4 Å². The summed E-state index contributed by atoms with van der Waals surface area (Å²) in [5, 5.41) is 6.48. The van der Waals surface area contributed by atoms with Crippen molar-refractivity contribution in [2.24, 2.45) is 0 Å². The molecule has 0 saturated carbocycles. The maximum Gasteiger partial charge on any atom is 0.323 e. The van der Waals surface area contributed by atoms with Crippen molar-refractivity contribution in [1.82, 2.24) is 19.9 Å². The molecule has 0 bridgehead atoms. The van der Waals surface area contributed by atoms with E-state index in [1.807, 2.05) is 30.3 Å². The second kappa shape index (κ2) is 11.1. The average Bonchev–Trinajstić information content (AvgIpc) is 2.92. The Morgan fingerprint density at radius 2 is 1.58 bits per heavy atom. The smallest absolute Gasteiger partial charge is 0.323 e. The molecule has 0 fully saturated rings. The van der Waals surface area contributed by atoms with E-state index in [-0.39, 0.29) is 6.01 Å². The number of halogens is 2. The van der Waals surface area contributed by atoms with Gasteiger partial charge in [0.1, 0.15) is 11.6 Å². The lowest BCUT2D eigenvalue weighted by Gasteiger charge is -2.12. The number of benzene rings is 2. The Morgan fingerprint density at radius 1 is 0.789 bits per heavy atom. The van der Waals surface area contributed by atoms with Crippen molar-refractivity contribution in [1.29, 1.82) is 0 Å². The summed E-state index contributed by atoms with van der Waals surface area (Å²) < 4.78 is 5.71. The van der Waals surface area contributed by atoms with Gasteiger partial charge in [0.25, 0.3) is 0 Å². The molecule has 5 rings (SSSR count). The third-order valence-electron chi connectivity index (χ3n) is 5.35. The number of hydrogen-bond donors (Lipinski definition) is 3. The molecule has 11 heteroatoms. The summed E-state index contributed by atoms with van der Waals surface area (Å²) in [7, 11) is 0. The van der Waals surface area contributed by atoms with Crippen LogP contribution >= 0.6 is 23.2 Å². The van der Waals surface area contributed by atoms with E-state index in [4.69, 9.17) is 33.7 Å². The zero-order chi connectivity index (χ0) is 26.5. The number of rotatable bonds is 6. The topological polar surface area (TPSA) is 128 Å². The molecule has 9 nitrogen and oxygen atoms in total. The molecule has 0 spiro atoms. The number of amides is 2. The quantitative estimate of drug-likeness (QED) is 0.212. The fourth-order valence-electron chi connectivity index (χ4n) is 3.60. The zero-order valence-electron chi connectivity index (χ0n) is 19.6. The van der Waals surface area contributed by atoms with Gasteiger partial charge in [0.05, 0.1) is 28.8 Å². The fourth-order valence-corrected chi connectivity index (χ4v) is 3.93. The van der Waals surface area contributed by atoms with E-state index in [0.29, 0.717) is 33.0 Å². The minimum Gasteiger partial charge on any atom is -0.424 e. The second-order valence-corrected chi connectivity index (χ2v) is 8.85. The lowest BCUT2D eigenvalue weighted by Crippen LogP contribution is -2.20. The first kappa shape index (κ1) is 24.9.